The molecule has 7 rings (SSSR count). The first kappa shape index (κ1) is 55.1. The van der Waals surface area contributed by atoms with Crippen LogP contribution in [0.25, 0.3) is 5.82 Å². The van der Waals surface area contributed by atoms with Crippen LogP contribution in [0.5, 0.6) is 0 Å². The van der Waals surface area contributed by atoms with Gasteiger partial charge in [-0.25, -0.2) is 9.67 Å². The maximum absolute atomic E-state index is 14.8. The van der Waals surface area contributed by atoms with E-state index < -0.39 is 89.9 Å². The van der Waals surface area contributed by atoms with Crippen molar-refractivity contribution in [2.45, 2.75) is 192 Å². The number of aromatic nitrogens is 3. The molecule has 5 saturated heterocycles. The van der Waals surface area contributed by atoms with Gasteiger partial charge in [-0.15, -0.1) is 0 Å². The quantitative estimate of drug-likeness (QED) is 0.214. The average Bonchev–Trinajstić information content (AvgIpc) is 3.85. The highest BCUT2D eigenvalue weighted by Crippen LogP contribution is 2.41. The summed E-state index contributed by atoms with van der Waals surface area (Å²) in [5.41, 5.74) is 4.12. The fourth-order valence-corrected chi connectivity index (χ4v) is 10.9. The highest BCUT2D eigenvalue weighted by Gasteiger charge is 2.54. The number of nitrogens with two attached hydrogens (primary N) is 1. The highest BCUT2D eigenvalue weighted by atomic mass is 16.7. The van der Waals surface area contributed by atoms with E-state index in [9.17, 15) is 15.0 Å². The Morgan fingerprint density at radius 1 is 1.04 bits per heavy atom. The zero-order valence-corrected chi connectivity index (χ0v) is 43.5. The molecule has 19 nitrogen and oxygen atoms in total. The summed E-state index contributed by atoms with van der Waals surface area (Å²) in [4.78, 5) is 29.6. The van der Waals surface area contributed by atoms with Crippen molar-refractivity contribution in [2.75, 3.05) is 48.0 Å². The molecular weight excluding hydrogens is 891 g/mol. The zero-order chi connectivity index (χ0) is 50.6. The Kier molecular flexibility index (Phi) is 18.5. The molecule has 0 amide bonds. The van der Waals surface area contributed by atoms with Gasteiger partial charge in [-0.2, -0.15) is 5.10 Å². The number of hydrogen-bond donors (Lipinski definition) is 3. The predicted octanol–water partition coefficient (Wildman–Crippen LogP) is 4.08. The molecule has 0 radical (unpaired) electrons. The molecule has 4 N–H and O–H groups in total. The number of likely N-dealkylation sites (N-methyl/N-ethyl adjacent to an activating group) is 1. The molecule has 0 unspecified atom stereocenters. The van der Waals surface area contributed by atoms with E-state index in [1.807, 2.05) is 98.9 Å². The Bertz CT molecular complexity index is 1960. The van der Waals surface area contributed by atoms with E-state index >= 15 is 0 Å². The monoisotopic (exact) mass is 974 g/mol. The number of ether oxygens (including phenoxy) is 8. The van der Waals surface area contributed by atoms with Crippen molar-refractivity contribution in [3.05, 3.63) is 42.4 Å². The van der Waals surface area contributed by atoms with Gasteiger partial charge in [0.25, 0.3) is 0 Å². The van der Waals surface area contributed by atoms with Gasteiger partial charge in [-0.05, 0) is 107 Å². The fraction of sp³-hybridized carbons (Fsp3) is 0.800. The Morgan fingerprint density at radius 2 is 1.78 bits per heavy atom. The number of carbonyl (C=O) groups is 1. The average molecular weight is 974 g/mol. The largest absolute Gasteiger partial charge is 0.459 e. The van der Waals surface area contributed by atoms with Crippen LogP contribution in [0, 0.1) is 17.8 Å². The van der Waals surface area contributed by atoms with E-state index in [-0.39, 0.29) is 56.8 Å². The van der Waals surface area contributed by atoms with Crippen LogP contribution in [0.4, 0.5) is 0 Å². The van der Waals surface area contributed by atoms with Crippen LogP contribution in [-0.2, 0) is 54.1 Å². The Hall–Kier alpha value is -3.18. The van der Waals surface area contributed by atoms with Crippen molar-refractivity contribution < 1.29 is 57.7 Å². The SMILES string of the molecule is CC[C@H]1OC(=O)[C@H](C)[C@@H](O[C@H]2C[C@@](C)(OC)[C@H](N)[C@H](C)O2)[C@H](C)[C@@H](O[C@@H]2O[C@H](C)C[C@H](N(C)C)[C@H]2O)[C@@]2(C)C[C@@H](C)N(C)C[C@H](C)[C@@H](OCC(=NOCc3ccc(-n4cccn4)nc3)CO2)[C@]1(C)O. The lowest BCUT2D eigenvalue weighted by Gasteiger charge is -2.50. The predicted molar refractivity (Wildman–Crippen MR) is 257 cm³/mol. The first-order valence-corrected chi connectivity index (χ1v) is 24.8. The van der Waals surface area contributed by atoms with E-state index in [0.717, 1.165) is 5.56 Å². The van der Waals surface area contributed by atoms with E-state index in [0.29, 0.717) is 30.9 Å². The normalized spacial score (nSPS) is 42.0. The number of esters is 1. The summed E-state index contributed by atoms with van der Waals surface area (Å²) in [7, 11) is 7.51. The van der Waals surface area contributed by atoms with Crippen LogP contribution in [0.1, 0.15) is 100 Å². The summed E-state index contributed by atoms with van der Waals surface area (Å²) >= 11 is 0. The van der Waals surface area contributed by atoms with Gasteiger partial charge in [-0.3, -0.25) is 4.79 Å². The maximum Gasteiger partial charge on any atom is 0.311 e. The summed E-state index contributed by atoms with van der Waals surface area (Å²) in [6, 6.07) is 4.69. The van der Waals surface area contributed by atoms with Gasteiger partial charge in [0, 0.05) is 62.2 Å². The van der Waals surface area contributed by atoms with Gasteiger partial charge >= 0.3 is 5.97 Å². The number of fused-ring (bicyclic) bond motifs is 15. The summed E-state index contributed by atoms with van der Waals surface area (Å²) in [5, 5.41) is 33.6. The third kappa shape index (κ3) is 12.7. The standard InChI is InChI=1S/C50H83N7O12/c1-15-38-50(10,60)44-29(2)25-56(13)30(3)22-49(9,63-28-36(27-62-44)54-64-26-35-17-18-39(52-24-35)57-20-16-19-53-57)45(69-47-41(58)37(55(11)12)21-31(4)65-47)32(5)42(33(6)46(59)67-38)68-40-23-48(8,61-14)43(51)34(7)66-40/h16-20,24,29-34,37-38,40-45,47,58,60H,15,21-23,25-28,51H2,1-14H3/t29-,30+,31+,32-,33+,34-,37-,38+,40-,41+,42-,43+,44+,45+,47-,48+,49+,50+/m0/s1. The molecule has 5 aliphatic heterocycles. The lowest BCUT2D eigenvalue weighted by molar-refractivity contribution is -0.313. The van der Waals surface area contributed by atoms with Crippen molar-refractivity contribution in [2.24, 2.45) is 28.6 Å². The van der Waals surface area contributed by atoms with Crippen LogP contribution < -0.4 is 5.73 Å². The summed E-state index contributed by atoms with van der Waals surface area (Å²) in [6.07, 6.45) is -0.685. The first-order valence-electron chi connectivity index (χ1n) is 24.8. The number of hydrogen-bond acceptors (Lipinski definition) is 18. The summed E-state index contributed by atoms with van der Waals surface area (Å²) < 4.78 is 55.3. The Balaban J connectivity index is 1.48. The van der Waals surface area contributed by atoms with Crippen LogP contribution in [0.3, 0.4) is 0 Å². The molecule has 0 aliphatic carbocycles. The van der Waals surface area contributed by atoms with Gasteiger partial charge in [0.2, 0.25) is 0 Å². The smallest absolute Gasteiger partial charge is 0.311 e. The topological polar surface area (TPSA) is 216 Å². The van der Waals surface area contributed by atoms with E-state index in [2.05, 4.69) is 27.1 Å². The number of pyridine rings is 1. The second-order valence-electron chi connectivity index (χ2n) is 21.2. The van der Waals surface area contributed by atoms with Gasteiger partial charge in [-0.1, -0.05) is 32.0 Å². The molecular formula is C50H83N7O12. The Morgan fingerprint density at radius 3 is 2.42 bits per heavy atom. The number of aliphatic hydroxyl groups excluding tert-OH is 1. The van der Waals surface area contributed by atoms with Crippen molar-refractivity contribution in [1.82, 2.24) is 24.6 Å². The molecule has 7 heterocycles. The van der Waals surface area contributed by atoms with Crippen LogP contribution in [-0.4, -0.2) is 185 Å². The molecule has 2 aromatic heterocycles. The van der Waals surface area contributed by atoms with Gasteiger partial charge in [0.05, 0.1) is 66.9 Å². The number of oxime groups is 1. The van der Waals surface area contributed by atoms with Gasteiger partial charge in [0.15, 0.2) is 18.4 Å². The van der Waals surface area contributed by atoms with Crippen molar-refractivity contribution in [3.8, 4) is 5.82 Å². The van der Waals surface area contributed by atoms with E-state index in [1.54, 1.807) is 38.0 Å². The second kappa shape index (κ2) is 23.1. The molecule has 69 heavy (non-hydrogen) atoms. The molecule has 0 spiro atoms. The first-order chi connectivity index (χ1) is 32.5. The molecule has 5 fully saturated rings. The molecule has 5 aliphatic rings. The third-order valence-electron chi connectivity index (χ3n) is 15.3. The second-order valence-corrected chi connectivity index (χ2v) is 21.2. The summed E-state index contributed by atoms with van der Waals surface area (Å²) in [5.74, 6) is -1.84. The van der Waals surface area contributed by atoms with Gasteiger partial charge in [0.1, 0.15) is 30.1 Å². The highest BCUT2D eigenvalue weighted by molar-refractivity contribution is 5.86. The van der Waals surface area contributed by atoms with Crippen molar-refractivity contribution in [1.29, 1.82) is 0 Å². The number of aliphatic hydroxyl groups is 2. The van der Waals surface area contributed by atoms with E-state index in [1.165, 1.54) is 0 Å². The summed E-state index contributed by atoms with van der Waals surface area (Å²) in [6.45, 7) is 19.6. The molecule has 390 valence electrons. The molecule has 2 bridgehead atoms. The maximum atomic E-state index is 14.8. The number of nitrogens with zero attached hydrogens (tertiary/aromatic N) is 6. The Labute approximate surface area is 409 Å². The van der Waals surface area contributed by atoms with Crippen LogP contribution >= 0.6 is 0 Å². The third-order valence-corrected chi connectivity index (χ3v) is 15.3. The number of rotatable bonds is 11. The molecule has 18 atom stereocenters. The lowest BCUT2D eigenvalue weighted by Crippen LogP contribution is -2.62. The molecule has 2 aromatic rings. The van der Waals surface area contributed by atoms with Crippen LogP contribution in [0.2, 0.25) is 0 Å². The minimum Gasteiger partial charge on any atom is -0.459 e. The minimum atomic E-state index is -1.68. The molecule has 19 heteroatoms. The van der Waals surface area contributed by atoms with Gasteiger partial charge < -0.3 is 68.5 Å². The lowest BCUT2D eigenvalue weighted by atomic mass is 9.78. The van der Waals surface area contributed by atoms with Crippen LogP contribution in [0.15, 0.2) is 41.9 Å². The molecule has 0 aromatic carbocycles. The van der Waals surface area contributed by atoms with E-state index in [4.69, 9.17) is 48.5 Å². The minimum absolute atomic E-state index is 0.0783. The fourth-order valence-electron chi connectivity index (χ4n) is 10.9. The molecule has 0 saturated carbocycles. The number of carbonyl (C=O) groups excluding carboxylic acids is 1. The number of methoxy groups -OCH3 is 1. The van der Waals surface area contributed by atoms with Crippen molar-refractivity contribution in [3.63, 3.8) is 0 Å². The zero-order valence-electron chi connectivity index (χ0n) is 43.5. The van der Waals surface area contributed by atoms with Crippen molar-refractivity contribution >= 4 is 11.7 Å².